The molecule has 10 heteroatoms. The lowest BCUT2D eigenvalue weighted by Crippen LogP contribution is -2.43. The minimum Gasteiger partial charge on any atom is -0.374 e. The molecule has 3 rings (SSSR count). The molecule has 0 aromatic carbocycles. The van der Waals surface area contributed by atoms with Crippen LogP contribution in [-0.2, 0) is 14.6 Å². The Balaban J connectivity index is 1.62. The molecule has 2 aliphatic rings. The summed E-state index contributed by atoms with van der Waals surface area (Å²) in [6, 6.07) is 0.0611. The smallest absolute Gasteiger partial charge is 0.233 e. The van der Waals surface area contributed by atoms with Gasteiger partial charge in [0, 0.05) is 12.1 Å². The van der Waals surface area contributed by atoms with E-state index in [2.05, 4.69) is 10.2 Å². The van der Waals surface area contributed by atoms with Crippen molar-refractivity contribution in [2.45, 2.75) is 35.7 Å². The van der Waals surface area contributed by atoms with Crippen LogP contribution in [0.25, 0.3) is 0 Å². The first-order valence-corrected chi connectivity index (χ1v) is 10.3. The fourth-order valence-corrected chi connectivity index (χ4v) is 5.75. The highest BCUT2D eigenvalue weighted by atomic mass is 32.2. The summed E-state index contributed by atoms with van der Waals surface area (Å²) in [5.41, 5.74) is 5.50. The molecule has 1 aromatic rings. The van der Waals surface area contributed by atoms with Crippen molar-refractivity contribution in [2.75, 3.05) is 23.0 Å². The molecule has 2 heterocycles. The number of thioether (sulfide) groups is 1. The molecule has 0 radical (unpaired) electrons. The highest BCUT2D eigenvalue weighted by Gasteiger charge is 2.41. The molecule has 2 fully saturated rings. The quantitative estimate of drug-likeness (QED) is 0.767. The second-order valence-corrected chi connectivity index (χ2v) is 9.74. The van der Waals surface area contributed by atoms with E-state index < -0.39 is 9.84 Å². The van der Waals surface area contributed by atoms with Crippen LogP contribution in [0.4, 0.5) is 5.13 Å². The van der Waals surface area contributed by atoms with Crippen LogP contribution >= 0.6 is 23.1 Å². The Labute approximate surface area is 131 Å². The van der Waals surface area contributed by atoms with Crippen LogP contribution in [0.1, 0.15) is 19.3 Å². The fourth-order valence-electron chi connectivity index (χ4n) is 2.53. The average molecular weight is 348 g/mol. The Hall–Kier alpha value is -0.870. The molecule has 0 bridgehead atoms. The summed E-state index contributed by atoms with van der Waals surface area (Å²) >= 11 is 2.56. The number of aromatic nitrogens is 2. The van der Waals surface area contributed by atoms with Gasteiger partial charge >= 0.3 is 0 Å². The number of carbonyl (C=O) groups excluding carboxylic acids is 1. The second kappa shape index (κ2) is 5.73. The summed E-state index contributed by atoms with van der Waals surface area (Å²) in [5.74, 6) is 0.528. The molecule has 21 heavy (non-hydrogen) atoms. The van der Waals surface area contributed by atoms with Crippen molar-refractivity contribution in [1.29, 1.82) is 0 Å². The first-order valence-electron chi connectivity index (χ1n) is 6.68. The van der Waals surface area contributed by atoms with Gasteiger partial charge in [0.2, 0.25) is 11.0 Å². The molecule has 1 unspecified atom stereocenters. The van der Waals surface area contributed by atoms with E-state index >= 15 is 0 Å². The van der Waals surface area contributed by atoms with E-state index in [1.807, 2.05) is 0 Å². The topological polar surface area (TPSA) is 106 Å². The average Bonchev–Trinajstić information content (AvgIpc) is 3.05. The molecule has 1 saturated carbocycles. The lowest BCUT2D eigenvalue weighted by molar-refractivity contribution is -0.130. The van der Waals surface area contributed by atoms with Crippen LogP contribution in [-0.4, -0.2) is 58.8 Å². The molecule has 1 atom stereocenters. The number of hydrogen-bond acceptors (Lipinski definition) is 8. The van der Waals surface area contributed by atoms with E-state index in [1.54, 1.807) is 4.90 Å². The second-order valence-electron chi connectivity index (χ2n) is 5.28. The van der Waals surface area contributed by atoms with Gasteiger partial charge in [-0.15, -0.1) is 10.2 Å². The first-order chi connectivity index (χ1) is 9.94. The van der Waals surface area contributed by atoms with E-state index in [4.69, 9.17) is 5.73 Å². The number of nitrogens with zero attached hydrogens (tertiary/aromatic N) is 3. The fraction of sp³-hybridized carbons (Fsp3) is 0.727. The number of nitrogen functional groups attached to an aromatic ring is 1. The van der Waals surface area contributed by atoms with Gasteiger partial charge in [0.1, 0.15) is 0 Å². The summed E-state index contributed by atoms with van der Waals surface area (Å²) in [5, 5.41) is 7.95. The minimum atomic E-state index is -2.98. The lowest BCUT2D eigenvalue weighted by Gasteiger charge is -2.28. The van der Waals surface area contributed by atoms with Crippen LogP contribution in [0.3, 0.4) is 0 Å². The predicted octanol–water partition coefficient (Wildman–Crippen LogP) is 0.390. The van der Waals surface area contributed by atoms with Crippen LogP contribution in [0.5, 0.6) is 0 Å². The van der Waals surface area contributed by atoms with Crippen molar-refractivity contribution < 1.29 is 13.2 Å². The van der Waals surface area contributed by atoms with Gasteiger partial charge in [-0.25, -0.2) is 8.42 Å². The number of sulfone groups is 1. The molecule has 1 saturated heterocycles. The highest BCUT2D eigenvalue weighted by molar-refractivity contribution is 8.01. The molecule has 116 valence electrons. The van der Waals surface area contributed by atoms with Gasteiger partial charge in [-0.3, -0.25) is 4.79 Å². The lowest BCUT2D eigenvalue weighted by atomic mass is 10.2. The third-order valence-corrected chi connectivity index (χ3v) is 7.19. The van der Waals surface area contributed by atoms with Gasteiger partial charge in [-0.2, -0.15) is 0 Å². The van der Waals surface area contributed by atoms with Gasteiger partial charge in [-0.1, -0.05) is 23.1 Å². The summed E-state index contributed by atoms with van der Waals surface area (Å²) in [6.45, 7) is 0. The van der Waals surface area contributed by atoms with Gasteiger partial charge in [0.05, 0.1) is 17.3 Å². The SMILES string of the molecule is Nc1nnc(SCC(=O)N(C2CC2)C2CCS(=O)(=O)C2)s1. The normalized spacial score (nSPS) is 24.1. The third kappa shape index (κ3) is 3.67. The van der Waals surface area contributed by atoms with E-state index in [0.29, 0.717) is 15.9 Å². The molecular weight excluding hydrogens is 332 g/mol. The monoisotopic (exact) mass is 348 g/mol. The van der Waals surface area contributed by atoms with E-state index in [0.717, 1.165) is 12.8 Å². The molecule has 7 nitrogen and oxygen atoms in total. The number of anilines is 1. The Bertz CT molecular complexity index is 641. The first kappa shape index (κ1) is 15.0. The standard InChI is InChI=1S/C11H16N4O3S3/c12-10-13-14-11(20-10)19-5-9(16)15(7-1-2-7)8-3-4-21(17,18)6-8/h7-8H,1-6H2,(H2,12,13). The summed E-state index contributed by atoms with van der Waals surface area (Å²) in [7, 11) is -2.98. The number of amides is 1. The summed E-state index contributed by atoms with van der Waals surface area (Å²) < 4.78 is 23.9. The van der Waals surface area contributed by atoms with Crippen LogP contribution in [0, 0.1) is 0 Å². The molecule has 0 spiro atoms. The maximum absolute atomic E-state index is 12.4. The Kier molecular flexibility index (Phi) is 4.10. The summed E-state index contributed by atoms with van der Waals surface area (Å²) in [4.78, 5) is 14.2. The molecule has 1 aliphatic carbocycles. The third-order valence-electron chi connectivity index (χ3n) is 3.57. The molecular formula is C11H16N4O3S3. The molecule has 1 aromatic heterocycles. The number of hydrogen-bond donors (Lipinski definition) is 1. The zero-order chi connectivity index (χ0) is 15.0. The van der Waals surface area contributed by atoms with Crippen molar-refractivity contribution in [1.82, 2.24) is 15.1 Å². The molecule has 2 N–H and O–H groups in total. The zero-order valence-electron chi connectivity index (χ0n) is 11.3. The van der Waals surface area contributed by atoms with Gasteiger partial charge in [0.25, 0.3) is 0 Å². The predicted molar refractivity (Wildman–Crippen MR) is 82.0 cm³/mol. The van der Waals surface area contributed by atoms with Crippen molar-refractivity contribution >= 4 is 44.0 Å². The number of carbonyl (C=O) groups is 1. The number of rotatable bonds is 5. The number of nitrogens with two attached hydrogens (primary N) is 1. The minimum absolute atomic E-state index is 0.0154. The maximum Gasteiger partial charge on any atom is 0.233 e. The van der Waals surface area contributed by atoms with Crippen molar-refractivity contribution in [3.05, 3.63) is 0 Å². The van der Waals surface area contributed by atoms with Crippen LogP contribution in [0.15, 0.2) is 4.34 Å². The van der Waals surface area contributed by atoms with E-state index in [1.165, 1.54) is 23.1 Å². The van der Waals surface area contributed by atoms with E-state index in [-0.39, 0.29) is 35.2 Å². The maximum atomic E-state index is 12.4. The van der Waals surface area contributed by atoms with Gasteiger partial charge < -0.3 is 10.6 Å². The summed E-state index contributed by atoms with van der Waals surface area (Å²) in [6.07, 6.45) is 2.50. The highest BCUT2D eigenvalue weighted by Crippen LogP contribution is 2.33. The van der Waals surface area contributed by atoms with Gasteiger partial charge in [-0.05, 0) is 19.3 Å². The van der Waals surface area contributed by atoms with Gasteiger partial charge in [0.15, 0.2) is 14.2 Å². The van der Waals surface area contributed by atoms with E-state index in [9.17, 15) is 13.2 Å². The zero-order valence-corrected chi connectivity index (χ0v) is 13.7. The van der Waals surface area contributed by atoms with Crippen molar-refractivity contribution in [3.63, 3.8) is 0 Å². The molecule has 1 aliphatic heterocycles. The van der Waals surface area contributed by atoms with Crippen LogP contribution < -0.4 is 5.73 Å². The largest absolute Gasteiger partial charge is 0.374 e. The van der Waals surface area contributed by atoms with Crippen LogP contribution in [0.2, 0.25) is 0 Å². The van der Waals surface area contributed by atoms with Crippen molar-refractivity contribution in [3.8, 4) is 0 Å². The van der Waals surface area contributed by atoms with Crippen molar-refractivity contribution in [2.24, 2.45) is 0 Å². The Morgan fingerprint density at radius 2 is 2.10 bits per heavy atom. The Morgan fingerprint density at radius 1 is 1.33 bits per heavy atom. The Morgan fingerprint density at radius 3 is 2.62 bits per heavy atom. The molecule has 1 amide bonds.